The average Bonchev–Trinajstić information content (AvgIpc) is 2.75. The van der Waals surface area contributed by atoms with Crippen LogP contribution in [0.15, 0.2) is 66.7 Å². The molecule has 0 aliphatic carbocycles. The van der Waals surface area contributed by atoms with Gasteiger partial charge in [0, 0.05) is 16.4 Å². The van der Waals surface area contributed by atoms with Gasteiger partial charge >= 0.3 is 0 Å². The van der Waals surface area contributed by atoms with Gasteiger partial charge in [0.1, 0.15) is 11.5 Å². The van der Waals surface area contributed by atoms with Gasteiger partial charge in [0.2, 0.25) is 0 Å². The Bertz CT molecular complexity index is 1100. The van der Waals surface area contributed by atoms with Crippen LogP contribution >= 0.6 is 23.2 Å². The zero-order valence-corrected chi connectivity index (χ0v) is 19.0. The van der Waals surface area contributed by atoms with Gasteiger partial charge in [0.05, 0.1) is 5.02 Å². The molecule has 0 spiro atoms. The van der Waals surface area contributed by atoms with Crippen LogP contribution in [0.1, 0.15) is 12.5 Å². The van der Waals surface area contributed by atoms with E-state index in [1.165, 1.54) is 0 Å². The summed E-state index contributed by atoms with van der Waals surface area (Å²) in [6, 6.07) is 19.0. The number of hydrogen-bond acceptors (Lipinski definition) is 4. The van der Waals surface area contributed by atoms with E-state index in [1.54, 1.807) is 55.5 Å². The molecule has 0 fully saturated rings. The van der Waals surface area contributed by atoms with Crippen LogP contribution in [-0.4, -0.2) is 24.5 Å². The lowest BCUT2D eigenvalue weighted by atomic mass is 10.2. The van der Waals surface area contributed by atoms with Crippen LogP contribution in [-0.2, 0) is 9.59 Å². The molecular weight excluding hydrogens is 451 g/mol. The minimum atomic E-state index is -0.785. The number of nitrogens with one attached hydrogen (secondary N) is 2. The molecule has 0 aliphatic heterocycles. The number of ether oxygens (including phenoxy) is 2. The molecule has 1 unspecified atom stereocenters. The fourth-order valence-corrected chi connectivity index (χ4v) is 3.20. The topological polar surface area (TPSA) is 76.7 Å². The van der Waals surface area contributed by atoms with E-state index in [0.29, 0.717) is 32.9 Å². The highest BCUT2D eigenvalue weighted by molar-refractivity contribution is 6.35. The van der Waals surface area contributed by atoms with Crippen LogP contribution in [0, 0.1) is 6.92 Å². The van der Waals surface area contributed by atoms with E-state index in [-0.39, 0.29) is 18.4 Å². The second-order valence-corrected chi connectivity index (χ2v) is 7.90. The van der Waals surface area contributed by atoms with E-state index in [2.05, 4.69) is 10.6 Å². The Balaban J connectivity index is 1.49. The van der Waals surface area contributed by atoms with Gasteiger partial charge in [-0.3, -0.25) is 9.59 Å². The summed E-state index contributed by atoms with van der Waals surface area (Å²) in [7, 11) is 0. The Hall–Kier alpha value is -3.22. The first-order chi connectivity index (χ1) is 15.3. The molecule has 3 aromatic carbocycles. The van der Waals surface area contributed by atoms with Crippen molar-refractivity contribution in [2.75, 3.05) is 17.2 Å². The van der Waals surface area contributed by atoms with Crippen molar-refractivity contribution in [3.63, 3.8) is 0 Å². The molecule has 1 atom stereocenters. The first-order valence-corrected chi connectivity index (χ1v) is 10.6. The maximum absolute atomic E-state index is 12.4. The Labute approximate surface area is 196 Å². The molecule has 2 amide bonds. The number of halogens is 2. The predicted octanol–water partition coefficient (Wildman–Crippen LogP) is 5.73. The molecule has 0 radical (unpaired) electrons. The number of carbonyl (C=O) groups excluding carboxylic acids is 2. The SMILES string of the molecule is Cc1cccc(OCC(=O)Nc2ccc(NC(=O)C(C)Oc3ccc(Cl)cc3Cl)cc2)c1. The zero-order chi connectivity index (χ0) is 23.1. The summed E-state index contributed by atoms with van der Waals surface area (Å²) in [5.41, 5.74) is 2.19. The van der Waals surface area contributed by atoms with Crippen molar-refractivity contribution >= 4 is 46.4 Å². The van der Waals surface area contributed by atoms with Crippen LogP contribution in [0.4, 0.5) is 11.4 Å². The van der Waals surface area contributed by atoms with E-state index >= 15 is 0 Å². The molecule has 8 heteroatoms. The van der Waals surface area contributed by atoms with Crippen LogP contribution in [0.3, 0.4) is 0 Å². The summed E-state index contributed by atoms with van der Waals surface area (Å²) in [6.45, 7) is 3.46. The summed E-state index contributed by atoms with van der Waals surface area (Å²) in [5.74, 6) is 0.364. The smallest absolute Gasteiger partial charge is 0.265 e. The monoisotopic (exact) mass is 472 g/mol. The van der Waals surface area contributed by atoms with E-state index in [0.717, 1.165) is 5.56 Å². The predicted molar refractivity (Wildman–Crippen MR) is 127 cm³/mol. The van der Waals surface area contributed by atoms with Crippen molar-refractivity contribution in [2.45, 2.75) is 20.0 Å². The minimum absolute atomic E-state index is 0.107. The molecule has 3 aromatic rings. The first kappa shape index (κ1) is 23.4. The highest BCUT2D eigenvalue weighted by Gasteiger charge is 2.16. The number of aryl methyl sites for hydroxylation is 1. The Morgan fingerprint density at radius 2 is 1.62 bits per heavy atom. The summed E-state index contributed by atoms with van der Waals surface area (Å²) in [6.07, 6.45) is -0.785. The third-order valence-electron chi connectivity index (χ3n) is 4.36. The largest absolute Gasteiger partial charge is 0.484 e. The highest BCUT2D eigenvalue weighted by Crippen LogP contribution is 2.28. The third-order valence-corrected chi connectivity index (χ3v) is 4.89. The fourth-order valence-electron chi connectivity index (χ4n) is 2.75. The quantitative estimate of drug-likeness (QED) is 0.439. The molecule has 166 valence electrons. The van der Waals surface area contributed by atoms with Gasteiger partial charge in [-0.2, -0.15) is 0 Å². The number of benzene rings is 3. The normalized spacial score (nSPS) is 11.4. The summed E-state index contributed by atoms with van der Waals surface area (Å²) in [5, 5.41) is 6.30. The Morgan fingerprint density at radius 3 is 2.28 bits per heavy atom. The average molecular weight is 473 g/mol. The lowest BCUT2D eigenvalue weighted by molar-refractivity contribution is -0.122. The Morgan fingerprint density at radius 1 is 0.938 bits per heavy atom. The number of carbonyl (C=O) groups is 2. The van der Waals surface area contributed by atoms with E-state index in [9.17, 15) is 9.59 Å². The molecule has 3 rings (SSSR count). The number of rotatable bonds is 8. The molecule has 6 nitrogen and oxygen atoms in total. The molecule has 0 aromatic heterocycles. The molecule has 0 bridgehead atoms. The molecule has 2 N–H and O–H groups in total. The van der Waals surface area contributed by atoms with Gasteiger partial charge in [0.15, 0.2) is 12.7 Å². The van der Waals surface area contributed by atoms with Crippen LogP contribution in [0.5, 0.6) is 11.5 Å². The molecule has 0 saturated carbocycles. The van der Waals surface area contributed by atoms with Crippen LogP contribution in [0.2, 0.25) is 10.0 Å². The van der Waals surface area contributed by atoms with E-state index in [4.69, 9.17) is 32.7 Å². The third kappa shape index (κ3) is 6.90. The number of anilines is 2. The van der Waals surface area contributed by atoms with Gasteiger partial charge in [-0.05, 0) is 74.0 Å². The molecule has 32 heavy (non-hydrogen) atoms. The molecule has 0 heterocycles. The lowest BCUT2D eigenvalue weighted by Gasteiger charge is -2.16. The second-order valence-electron chi connectivity index (χ2n) is 7.05. The van der Waals surface area contributed by atoms with Crippen molar-refractivity contribution in [3.8, 4) is 11.5 Å². The molecular formula is C24H22Cl2N2O4. The first-order valence-electron chi connectivity index (χ1n) is 9.82. The van der Waals surface area contributed by atoms with Crippen LogP contribution in [0.25, 0.3) is 0 Å². The fraction of sp³-hybridized carbons (Fsp3) is 0.167. The zero-order valence-electron chi connectivity index (χ0n) is 17.5. The maximum Gasteiger partial charge on any atom is 0.265 e. The van der Waals surface area contributed by atoms with Crippen molar-refractivity contribution < 1.29 is 19.1 Å². The highest BCUT2D eigenvalue weighted by atomic mass is 35.5. The molecule has 0 saturated heterocycles. The molecule has 0 aliphatic rings. The second kappa shape index (κ2) is 10.9. The summed E-state index contributed by atoms with van der Waals surface area (Å²) in [4.78, 5) is 24.5. The van der Waals surface area contributed by atoms with Crippen molar-refractivity contribution in [3.05, 3.63) is 82.3 Å². The Kier molecular flexibility index (Phi) is 7.98. The van der Waals surface area contributed by atoms with Gasteiger partial charge < -0.3 is 20.1 Å². The van der Waals surface area contributed by atoms with E-state index < -0.39 is 6.10 Å². The minimum Gasteiger partial charge on any atom is -0.484 e. The van der Waals surface area contributed by atoms with E-state index in [1.807, 2.05) is 25.1 Å². The van der Waals surface area contributed by atoms with Gasteiger partial charge in [-0.1, -0.05) is 35.3 Å². The lowest BCUT2D eigenvalue weighted by Crippen LogP contribution is -2.30. The van der Waals surface area contributed by atoms with Gasteiger partial charge in [-0.15, -0.1) is 0 Å². The van der Waals surface area contributed by atoms with Crippen molar-refractivity contribution in [1.82, 2.24) is 0 Å². The number of amides is 2. The van der Waals surface area contributed by atoms with Crippen LogP contribution < -0.4 is 20.1 Å². The van der Waals surface area contributed by atoms with Crippen molar-refractivity contribution in [2.24, 2.45) is 0 Å². The maximum atomic E-state index is 12.4. The summed E-state index contributed by atoms with van der Waals surface area (Å²) < 4.78 is 11.1. The number of hydrogen-bond donors (Lipinski definition) is 2. The summed E-state index contributed by atoms with van der Waals surface area (Å²) >= 11 is 11.9. The van der Waals surface area contributed by atoms with Crippen molar-refractivity contribution in [1.29, 1.82) is 0 Å². The standard InChI is InChI=1S/C24H22Cl2N2O4/c1-15-4-3-5-20(12-15)31-14-23(29)27-18-7-9-19(10-8-18)28-24(30)16(2)32-22-11-6-17(25)13-21(22)26/h3-13,16H,14H2,1-2H3,(H,27,29)(H,28,30). The van der Waals surface area contributed by atoms with Gasteiger partial charge in [0.25, 0.3) is 11.8 Å². The van der Waals surface area contributed by atoms with Gasteiger partial charge in [-0.25, -0.2) is 0 Å².